The zero-order valence-electron chi connectivity index (χ0n) is 10.8. The van der Waals surface area contributed by atoms with Crippen LogP contribution in [-0.4, -0.2) is 17.2 Å². The minimum absolute atomic E-state index is 0.148. The molecule has 8 heteroatoms. The van der Waals surface area contributed by atoms with Crippen LogP contribution in [-0.2, 0) is 25.2 Å². The quantitative estimate of drug-likeness (QED) is 0.430. The number of nitrogens with two attached hydrogens (primary N) is 1. The van der Waals surface area contributed by atoms with E-state index in [4.69, 9.17) is 5.84 Å². The molecule has 0 saturated heterocycles. The molecule has 0 aromatic heterocycles. The van der Waals surface area contributed by atoms with E-state index in [0.29, 0.717) is 0 Å². The fraction of sp³-hybridized carbons (Fsp3) is 0.0769. The molecular formula is C13H14N2O4S2. The van der Waals surface area contributed by atoms with Gasteiger partial charge >= 0.3 is 0 Å². The van der Waals surface area contributed by atoms with Gasteiger partial charge in [0.15, 0.2) is 11.1 Å². The normalized spacial score (nSPS) is 13.8. The summed E-state index contributed by atoms with van der Waals surface area (Å²) in [6.07, 6.45) is 0. The van der Waals surface area contributed by atoms with Crippen molar-refractivity contribution in [2.45, 2.75) is 4.08 Å². The third-order valence-corrected chi connectivity index (χ3v) is 6.67. The highest BCUT2D eigenvalue weighted by atomic mass is 32.3. The fourth-order valence-corrected chi connectivity index (χ4v) is 4.80. The van der Waals surface area contributed by atoms with E-state index in [2.05, 4.69) is 0 Å². The molecule has 0 aliphatic carbocycles. The number of hydrogen-bond donors (Lipinski definition) is 3. The van der Waals surface area contributed by atoms with Crippen LogP contribution in [0.2, 0.25) is 0 Å². The Morgan fingerprint density at radius 3 is 1.62 bits per heavy atom. The summed E-state index contributed by atoms with van der Waals surface area (Å²) in [7, 11) is -4.35. The second kappa shape index (κ2) is 6.04. The Balaban J connectivity index is 2.90. The minimum Gasteiger partial charge on any atom is -0.304 e. The van der Waals surface area contributed by atoms with Crippen molar-refractivity contribution in [3.8, 4) is 0 Å². The molecule has 2 aromatic rings. The van der Waals surface area contributed by atoms with Gasteiger partial charge in [-0.3, -0.25) is 5.84 Å². The first kappa shape index (κ1) is 15.8. The maximum Gasteiger partial charge on any atom is 0.252 e. The predicted octanol–water partition coefficient (Wildman–Crippen LogP) is 0.903. The molecule has 6 nitrogen and oxygen atoms in total. The molecule has 0 heterocycles. The molecular weight excluding hydrogens is 312 g/mol. The topological polar surface area (TPSA) is 109 Å². The maximum atomic E-state index is 12.5. The van der Waals surface area contributed by atoms with E-state index in [0.717, 1.165) is 0 Å². The molecule has 21 heavy (non-hydrogen) atoms. The monoisotopic (exact) mass is 326 g/mol. The van der Waals surface area contributed by atoms with Crippen molar-refractivity contribution in [1.29, 1.82) is 0 Å². The predicted molar refractivity (Wildman–Crippen MR) is 80.7 cm³/mol. The van der Waals surface area contributed by atoms with Crippen molar-refractivity contribution in [2.24, 2.45) is 5.84 Å². The molecule has 0 aliphatic heterocycles. The molecule has 0 saturated carbocycles. The molecule has 112 valence electrons. The lowest BCUT2D eigenvalue weighted by Crippen LogP contribution is -2.50. The van der Waals surface area contributed by atoms with Gasteiger partial charge < -0.3 is 4.55 Å². The number of sulfonamides is 1. The van der Waals surface area contributed by atoms with Gasteiger partial charge in [-0.15, -0.1) is 0 Å². The van der Waals surface area contributed by atoms with Crippen molar-refractivity contribution in [3.05, 3.63) is 71.8 Å². The van der Waals surface area contributed by atoms with Gasteiger partial charge in [-0.25, -0.2) is 12.6 Å². The minimum atomic E-state index is -4.35. The Morgan fingerprint density at radius 1 is 0.952 bits per heavy atom. The Bertz CT molecular complexity index is 694. The second-order valence-corrected chi connectivity index (χ2v) is 7.44. The summed E-state index contributed by atoms with van der Waals surface area (Å²) >= 11 is -2.76. The third kappa shape index (κ3) is 2.52. The van der Waals surface area contributed by atoms with Gasteiger partial charge in [0.25, 0.3) is 10.0 Å². The molecule has 1 unspecified atom stereocenters. The van der Waals surface area contributed by atoms with Crippen LogP contribution in [0.15, 0.2) is 60.7 Å². The number of benzene rings is 2. The van der Waals surface area contributed by atoms with Gasteiger partial charge in [0, 0.05) is 0 Å². The number of hydrazine groups is 1. The SMILES string of the molecule is NNS(=O)(=O)C(c1ccccc1)(c1ccccc1)S(=O)O. The van der Waals surface area contributed by atoms with Crippen LogP contribution in [0.5, 0.6) is 0 Å². The zero-order valence-corrected chi connectivity index (χ0v) is 12.5. The van der Waals surface area contributed by atoms with Gasteiger partial charge in [-0.1, -0.05) is 60.7 Å². The average molecular weight is 326 g/mol. The van der Waals surface area contributed by atoms with Gasteiger partial charge in [0.1, 0.15) is 0 Å². The highest BCUT2D eigenvalue weighted by Crippen LogP contribution is 2.39. The lowest BCUT2D eigenvalue weighted by molar-refractivity contribution is 0.532. The van der Waals surface area contributed by atoms with Crippen LogP contribution < -0.4 is 10.7 Å². The van der Waals surface area contributed by atoms with E-state index in [1.54, 1.807) is 41.2 Å². The molecule has 0 amide bonds. The van der Waals surface area contributed by atoms with Gasteiger partial charge in [-0.2, -0.15) is 4.83 Å². The van der Waals surface area contributed by atoms with Crippen molar-refractivity contribution < 1.29 is 17.2 Å². The van der Waals surface area contributed by atoms with Crippen LogP contribution >= 0.6 is 0 Å². The largest absolute Gasteiger partial charge is 0.304 e. The number of rotatable bonds is 5. The van der Waals surface area contributed by atoms with E-state index in [-0.39, 0.29) is 11.1 Å². The second-order valence-electron chi connectivity index (χ2n) is 4.22. The summed E-state index contributed by atoms with van der Waals surface area (Å²) in [5.74, 6) is 5.12. The van der Waals surface area contributed by atoms with Gasteiger partial charge in [0.05, 0.1) is 0 Å². The Morgan fingerprint density at radius 2 is 1.33 bits per heavy atom. The van der Waals surface area contributed by atoms with Crippen LogP contribution in [0.3, 0.4) is 0 Å². The summed E-state index contributed by atoms with van der Waals surface area (Å²) in [6.45, 7) is 0. The van der Waals surface area contributed by atoms with Crippen molar-refractivity contribution in [1.82, 2.24) is 4.83 Å². The lowest BCUT2D eigenvalue weighted by atomic mass is 10.0. The standard InChI is InChI=1S/C13H14N2O4S2/c14-15-21(18,19)13(20(16)17,11-7-3-1-4-8-11)12-9-5-2-6-10-12/h1-10,15H,14H2,(H,16,17). The first-order chi connectivity index (χ1) is 9.96. The molecule has 0 radical (unpaired) electrons. The van der Waals surface area contributed by atoms with Gasteiger partial charge in [-0.05, 0) is 11.1 Å². The molecule has 2 rings (SSSR count). The molecule has 4 N–H and O–H groups in total. The van der Waals surface area contributed by atoms with E-state index < -0.39 is 25.2 Å². The molecule has 1 atom stereocenters. The van der Waals surface area contributed by atoms with E-state index in [1.807, 2.05) is 0 Å². The molecule has 0 bridgehead atoms. The summed E-state index contributed by atoms with van der Waals surface area (Å²) < 4.78 is 44.6. The lowest BCUT2D eigenvalue weighted by Gasteiger charge is -2.30. The highest BCUT2D eigenvalue weighted by molar-refractivity contribution is 8.04. The summed E-state index contributed by atoms with van der Waals surface area (Å²) in [5, 5.41) is 0. The summed E-state index contributed by atoms with van der Waals surface area (Å²) in [4.78, 5) is 1.68. The molecule has 2 aromatic carbocycles. The number of hydrogen-bond acceptors (Lipinski definition) is 4. The third-order valence-electron chi connectivity index (χ3n) is 3.09. The first-order valence-corrected chi connectivity index (χ1v) is 8.49. The van der Waals surface area contributed by atoms with Crippen LogP contribution in [0, 0.1) is 0 Å². The van der Waals surface area contributed by atoms with E-state index in [1.165, 1.54) is 24.3 Å². The van der Waals surface area contributed by atoms with Crippen LogP contribution in [0.25, 0.3) is 0 Å². The van der Waals surface area contributed by atoms with Crippen molar-refractivity contribution >= 4 is 21.1 Å². The van der Waals surface area contributed by atoms with Crippen molar-refractivity contribution in [3.63, 3.8) is 0 Å². The zero-order chi connectivity index (χ0) is 15.5. The van der Waals surface area contributed by atoms with Crippen molar-refractivity contribution in [2.75, 3.05) is 0 Å². The number of nitrogens with one attached hydrogen (secondary N) is 1. The van der Waals surface area contributed by atoms with Crippen LogP contribution in [0.1, 0.15) is 11.1 Å². The average Bonchev–Trinajstić information content (AvgIpc) is 2.49. The summed E-state index contributed by atoms with van der Waals surface area (Å²) in [5.41, 5.74) is 0.296. The molecule has 0 fully saturated rings. The Hall–Kier alpha value is -1.58. The molecule has 0 spiro atoms. The fourth-order valence-electron chi connectivity index (χ4n) is 2.17. The first-order valence-electron chi connectivity index (χ1n) is 5.90. The van der Waals surface area contributed by atoms with Gasteiger partial charge in [0.2, 0.25) is 4.08 Å². The smallest absolute Gasteiger partial charge is 0.252 e. The Labute approximate surface area is 125 Å². The van der Waals surface area contributed by atoms with E-state index >= 15 is 0 Å². The Kier molecular flexibility index (Phi) is 4.55. The summed E-state index contributed by atoms with van der Waals surface area (Å²) in [6, 6.07) is 15.6. The van der Waals surface area contributed by atoms with E-state index in [9.17, 15) is 17.2 Å². The highest BCUT2D eigenvalue weighted by Gasteiger charge is 2.52. The van der Waals surface area contributed by atoms with Crippen LogP contribution in [0.4, 0.5) is 0 Å². The maximum absolute atomic E-state index is 12.5. The molecule has 0 aliphatic rings.